The van der Waals surface area contributed by atoms with Crippen molar-refractivity contribution in [3.8, 4) is 0 Å². The predicted octanol–water partition coefficient (Wildman–Crippen LogP) is 3.59. The van der Waals surface area contributed by atoms with E-state index in [0.29, 0.717) is 5.56 Å². The number of aliphatic hydroxyl groups excluding tert-OH is 1. The number of aryl methyl sites for hydroxylation is 2. The summed E-state index contributed by atoms with van der Waals surface area (Å²) in [5.74, 6) is -0.349. The molecule has 2 aromatic rings. The molecule has 1 N–H and O–H groups in total. The van der Waals surface area contributed by atoms with E-state index in [2.05, 4.69) is 0 Å². The van der Waals surface area contributed by atoms with Gasteiger partial charge in [0.25, 0.3) is 0 Å². The average molecular weight is 236 g/mol. The number of hydrogen-bond donors (Lipinski definition) is 1. The summed E-state index contributed by atoms with van der Waals surface area (Å²) in [6, 6.07) is 6.74. The Morgan fingerprint density at radius 2 is 1.94 bits per heavy atom. The molecule has 0 fully saturated rings. The lowest BCUT2D eigenvalue weighted by molar-refractivity contribution is 0.215. The van der Waals surface area contributed by atoms with E-state index in [4.69, 9.17) is 0 Å². The lowest BCUT2D eigenvalue weighted by Crippen LogP contribution is -2.02. The molecule has 0 bridgehead atoms. The Morgan fingerprint density at radius 1 is 1.19 bits per heavy atom. The first kappa shape index (κ1) is 11.3. The molecule has 1 heterocycles. The molecule has 1 aromatic carbocycles. The fourth-order valence-corrected chi connectivity index (χ4v) is 2.43. The van der Waals surface area contributed by atoms with Crippen molar-refractivity contribution in [3.63, 3.8) is 0 Å². The molecule has 0 aliphatic carbocycles. The van der Waals surface area contributed by atoms with Crippen LogP contribution in [0.4, 0.5) is 4.39 Å². The number of halogens is 1. The standard InChI is InChI=1S/C13H13FOS/c1-8-3-4-11(12(14)7-8)13(15)10-5-6-16-9(10)2/h3-7,13,15H,1-2H3. The van der Waals surface area contributed by atoms with Crippen LogP contribution in [0.15, 0.2) is 29.6 Å². The first-order valence-electron chi connectivity index (χ1n) is 5.07. The highest BCUT2D eigenvalue weighted by Crippen LogP contribution is 2.29. The van der Waals surface area contributed by atoms with Crippen molar-refractivity contribution in [2.24, 2.45) is 0 Å². The highest BCUT2D eigenvalue weighted by atomic mass is 32.1. The zero-order chi connectivity index (χ0) is 11.7. The van der Waals surface area contributed by atoms with Crippen LogP contribution < -0.4 is 0 Å². The summed E-state index contributed by atoms with van der Waals surface area (Å²) in [6.07, 6.45) is -0.869. The van der Waals surface area contributed by atoms with Crippen LogP contribution in [0.25, 0.3) is 0 Å². The zero-order valence-electron chi connectivity index (χ0n) is 9.20. The average Bonchev–Trinajstić information content (AvgIpc) is 2.63. The van der Waals surface area contributed by atoms with Gasteiger partial charge in [0.2, 0.25) is 0 Å². The number of thiophene rings is 1. The lowest BCUT2D eigenvalue weighted by Gasteiger charge is -2.12. The molecule has 0 aliphatic heterocycles. The molecule has 0 aliphatic rings. The van der Waals surface area contributed by atoms with Gasteiger partial charge >= 0.3 is 0 Å². The van der Waals surface area contributed by atoms with Gasteiger partial charge in [-0.3, -0.25) is 0 Å². The van der Waals surface area contributed by atoms with Gasteiger partial charge in [0.05, 0.1) is 0 Å². The molecule has 84 valence electrons. The smallest absolute Gasteiger partial charge is 0.129 e. The second kappa shape index (κ2) is 4.36. The van der Waals surface area contributed by atoms with Crippen LogP contribution in [0.1, 0.15) is 27.7 Å². The highest BCUT2D eigenvalue weighted by Gasteiger charge is 2.17. The highest BCUT2D eigenvalue weighted by molar-refractivity contribution is 7.10. The second-order valence-electron chi connectivity index (χ2n) is 3.86. The van der Waals surface area contributed by atoms with E-state index in [9.17, 15) is 9.50 Å². The normalized spacial score (nSPS) is 12.8. The summed E-state index contributed by atoms with van der Waals surface area (Å²) in [6.45, 7) is 3.75. The van der Waals surface area contributed by atoms with Crippen LogP contribution in [-0.4, -0.2) is 5.11 Å². The largest absolute Gasteiger partial charge is 0.384 e. The van der Waals surface area contributed by atoms with Crippen LogP contribution in [0.3, 0.4) is 0 Å². The fourth-order valence-electron chi connectivity index (χ4n) is 1.70. The molecule has 3 heteroatoms. The Kier molecular flexibility index (Phi) is 3.08. The fraction of sp³-hybridized carbons (Fsp3) is 0.231. The molecular weight excluding hydrogens is 223 g/mol. The Hall–Kier alpha value is -1.19. The van der Waals surface area contributed by atoms with E-state index in [-0.39, 0.29) is 5.82 Å². The minimum absolute atomic E-state index is 0.340. The third kappa shape index (κ3) is 2.01. The first-order valence-corrected chi connectivity index (χ1v) is 5.95. The van der Waals surface area contributed by atoms with Gasteiger partial charge in [-0.2, -0.15) is 0 Å². The molecule has 1 atom stereocenters. The maximum atomic E-state index is 13.7. The Bertz CT molecular complexity index is 504. The van der Waals surface area contributed by atoms with E-state index in [1.807, 2.05) is 31.4 Å². The van der Waals surface area contributed by atoms with Crippen molar-refractivity contribution in [1.82, 2.24) is 0 Å². The van der Waals surface area contributed by atoms with E-state index in [1.54, 1.807) is 17.4 Å². The van der Waals surface area contributed by atoms with E-state index in [1.165, 1.54) is 6.07 Å². The van der Waals surface area contributed by atoms with Crippen LogP contribution in [0, 0.1) is 19.7 Å². The summed E-state index contributed by atoms with van der Waals surface area (Å²) in [7, 11) is 0. The summed E-state index contributed by atoms with van der Waals surface area (Å²) in [5, 5.41) is 12.0. The Morgan fingerprint density at radius 3 is 2.50 bits per heavy atom. The minimum atomic E-state index is -0.869. The summed E-state index contributed by atoms with van der Waals surface area (Å²) in [5.41, 5.74) is 1.98. The van der Waals surface area contributed by atoms with Gasteiger partial charge in [0, 0.05) is 10.4 Å². The summed E-state index contributed by atoms with van der Waals surface area (Å²) < 4.78 is 13.7. The second-order valence-corrected chi connectivity index (χ2v) is 4.98. The van der Waals surface area contributed by atoms with Crippen molar-refractivity contribution >= 4 is 11.3 Å². The lowest BCUT2D eigenvalue weighted by atomic mass is 10.0. The summed E-state index contributed by atoms with van der Waals surface area (Å²) >= 11 is 1.55. The monoisotopic (exact) mass is 236 g/mol. The maximum absolute atomic E-state index is 13.7. The van der Waals surface area contributed by atoms with Gasteiger partial charge in [-0.05, 0) is 42.5 Å². The number of benzene rings is 1. The third-order valence-corrected chi connectivity index (χ3v) is 3.51. The first-order chi connectivity index (χ1) is 7.59. The van der Waals surface area contributed by atoms with Crippen molar-refractivity contribution in [3.05, 3.63) is 57.0 Å². The van der Waals surface area contributed by atoms with Crippen molar-refractivity contribution in [2.45, 2.75) is 20.0 Å². The van der Waals surface area contributed by atoms with Crippen LogP contribution >= 0.6 is 11.3 Å². The zero-order valence-corrected chi connectivity index (χ0v) is 10.0. The van der Waals surface area contributed by atoms with Gasteiger partial charge < -0.3 is 5.11 Å². The number of hydrogen-bond acceptors (Lipinski definition) is 2. The molecule has 1 nitrogen and oxygen atoms in total. The SMILES string of the molecule is Cc1ccc(C(O)c2ccsc2C)c(F)c1. The van der Waals surface area contributed by atoms with Gasteiger partial charge in [-0.25, -0.2) is 4.39 Å². The van der Waals surface area contributed by atoms with Crippen molar-refractivity contribution in [2.75, 3.05) is 0 Å². The molecule has 2 rings (SSSR count). The Labute approximate surface area is 98.2 Å². The molecule has 16 heavy (non-hydrogen) atoms. The number of aliphatic hydroxyl groups is 1. The van der Waals surface area contributed by atoms with Crippen LogP contribution in [0.5, 0.6) is 0 Å². The summed E-state index contributed by atoms with van der Waals surface area (Å²) in [4.78, 5) is 1.02. The molecule has 0 spiro atoms. The van der Waals surface area contributed by atoms with Crippen molar-refractivity contribution < 1.29 is 9.50 Å². The topological polar surface area (TPSA) is 20.2 Å². The molecule has 1 aromatic heterocycles. The van der Waals surface area contributed by atoms with Gasteiger partial charge in [-0.15, -0.1) is 11.3 Å². The van der Waals surface area contributed by atoms with Gasteiger partial charge in [-0.1, -0.05) is 12.1 Å². The number of rotatable bonds is 2. The van der Waals surface area contributed by atoms with Crippen LogP contribution in [-0.2, 0) is 0 Å². The van der Waals surface area contributed by atoms with Crippen LogP contribution in [0.2, 0.25) is 0 Å². The third-order valence-electron chi connectivity index (χ3n) is 2.64. The van der Waals surface area contributed by atoms with Crippen molar-refractivity contribution in [1.29, 1.82) is 0 Å². The Balaban J connectivity index is 2.41. The minimum Gasteiger partial charge on any atom is -0.384 e. The molecule has 0 saturated heterocycles. The molecule has 0 amide bonds. The predicted molar refractivity (Wildman–Crippen MR) is 64.3 cm³/mol. The maximum Gasteiger partial charge on any atom is 0.129 e. The molecular formula is C13H13FOS. The van der Waals surface area contributed by atoms with Gasteiger partial charge in [0.1, 0.15) is 11.9 Å². The molecule has 0 saturated carbocycles. The van der Waals surface area contributed by atoms with E-state index < -0.39 is 6.10 Å². The molecule has 0 radical (unpaired) electrons. The quantitative estimate of drug-likeness (QED) is 0.845. The van der Waals surface area contributed by atoms with E-state index in [0.717, 1.165) is 16.0 Å². The molecule has 1 unspecified atom stereocenters. The van der Waals surface area contributed by atoms with E-state index >= 15 is 0 Å². The van der Waals surface area contributed by atoms with Gasteiger partial charge in [0.15, 0.2) is 0 Å².